The molecule has 0 fully saturated rings. The number of rotatable bonds is 5. The highest BCUT2D eigenvalue weighted by Gasteiger charge is 2.26. The van der Waals surface area contributed by atoms with E-state index in [1.165, 1.54) is 23.7 Å². The van der Waals surface area contributed by atoms with Gasteiger partial charge in [-0.1, -0.05) is 0 Å². The lowest BCUT2D eigenvalue weighted by molar-refractivity contribution is 0.597. The normalized spacial score (nSPS) is 11.8. The number of nitrogens with one attached hydrogen (secondary N) is 3. The Morgan fingerprint density at radius 2 is 2.35 bits per heavy atom. The number of hydrogen-bond acceptors (Lipinski definition) is 6. The Labute approximate surface area is 118 Å². The summed E-state index contributed by atoms with van der Waals surface area (Å²) in [5.41, 5.74) is 0.373. The second-order valence-corrected chi connectivity index (χ2v) is 6.41. The Balaban J connectivity index is 2.11. The van der Waals surface area contributed by atoms with Crippen LogP contribution >= 0.6 is 11.3 Å². The fraction of sp³-hybridized carbons (Fsp3) is 0.200. The van der Waals surface area contributed by atoms with Gasteiger partial charge in [0.1, 0.15) is 0 Å². The van der Waals surface area contributed by atoms with Crippen LogP contribution in [0.25, 0.3) is 4.96 Å². The predicted molar refractivity (Wildman–Crippen MR) is 76.6 cm³/mol. The average Bonchev–Trinajstić information content (AvgIpc) is 3.04. The van der Waals surface area contributed by atoms with Crippen LogP contribution in [0.2, 0.25) is 0 Å². The Morgan fingerprint density at radius 1 is 1.50 bits per heavy atom. The van der Waals surface area contributed by atoms with Gasteiger partial charge < -0.3 is 5.32 Å². The first-order chi connectivity index (χ1) is 9.62. The molecule has 3 aromatic heterocycles. The summed E-state index contributed by atoms with van der Waals surface area (Å²) in [7, 11) is -3.75. The molecule has 3 heterocycles. The minimum absolute atomic E-state index is 0.0943. The minimum Gasteiger partial charge on any atom is -0.368 e. The number of aromatic nitrogens is 4. The molecule has 106 valence electrons. The van der Waals surface area contributed by atoms with Crippen LogP contribution in [0.4, 0.5) is 11.5 Å². The molecule has 0 saturated heterocycles. The van der Waals surface area contributed by atoms with Crippen molar-refractivity contribution in [1.29, 1.82) is 0 Å². The number of thiazole rings is 1. The SMILES string of the molecule is CCNc1nc2sccn2c1S(=O)(=O)Nc1cn[nH]c1. The van der Waals surface area contributed by atoms with Gasteiger partial charge >= 0.3 is 0 Å². The second kappa shape index (κ2) is 4.80. The smallest absolute Gasteiger partial charge is 0.281 e. The molecule has 20 heavy (non-hydrogen) atoms. The van der Waals surface area contributed by atoms with Gasteiger partial charge in [-0.15, -0.1) is 11.3 Å². The topological polar surface area (TPSA) is 104 Å². The molecule has 0 unspecified atom stereocenters. The van der Waals surface area contributed by atoms with E-state index in [9.17, 15) is 8.42 Å². The summed E-state index contributed by atoms with van der Waals surface area (Å²) in [6.07, 6.45) is 4.55. The van der Waals surface area contributed by atoms with Crippen LogP contribution in [0.3, 0.4) is 0 Å². The van der Waals surface area contributed by atoms with E-state index < -0.39 is 10.0 Å². The molecule has 0 aromatic carbocycles. The maximum absolute atomic E-state index is 12.5. The minimum atomic E-state index is -3.75. The van der Waals surface area contributed by atoms with Crippen molar-refractivity contribution in [2.45, 2.75) is 11.9 Å². The van der Waals surface area contributed by atoms with E-state index in [4.69, 9.17) is 0 Å². The first-order valence-electron chi connectivity index (χ1n) is 5.83. The molecule has 3 N–H and O–H groups in total. The standard InChI is InChI=1S/C10H12N6O2S2/c1-2-11-8-9(16-3-4-19-10(16)14-8)20(17,18)15-7-5-12-13-6-7/h3-6,11,15H,2H2,1H3,(H,12,13). The van der Waals surface area contributed by atoms with Crippen molar-refractivity contribution >= 4 is 37.8 Å². The molecule has 0 aliphatic carbocycles. The van der Waals surface area contributed by atoms with Crippen molar-refractivity contribution in [3.63, 3.8) is 0 Å². The number of anilines is 2. The number of nitrogens with zero attached hydrogens (tertiary/aromatic N) is 3. The molecular formula is C10H12N6O2S2. The zero-order chi connectivity index (χ0) is 14.2. The lowest BCUT2D eigenvalue weighted by Crippen LogP contribution is -2.16. The van der Waals surface area contributed by atoms with E-state index in [0.717, 1.165) is 0 Å². The number of imidazole rings is 1. The molecule has 0 radical (unpaired) electrons. The molecule has 0 aliphatic rings. The maximum atomic E-state index is 12.5. The molecule has 0 aliphatic heterocycles. The van der Waals surface area contributed by atoms with E-state index >= 15 is 0 Å². The summed E-state index contributed by atoms with van der Waals surface area (Å²) in [5, 5.41) is 11.1. The quantitative estimate of drug-likeness (QED) is 0.659. The van der Waals surface area contributed by atoms with Gasteiger partial charge in [0.25, 0.3) is 10.0 Å². The van der Waals surface area contributed by atoms with E-state index in [0.29, 0.717) is 23.0 Å². The number of aromatic amines is 1. The summed E-state index contributed by atoms with van der Waals surface area (Å²) in [6, 6.07) is 0. The van der Waals surface area contributed by atoms with Crippen LogP contribution in [0.1, 0.15) is 6.92 Å². The van der Waals surface area contributed by atoms with Gasteiger partial charge in [0, 0.05) is 24.3 Å². The summed E-state index contributed by atoms with van der Waals surface area (Å²) in [4.78, 5) is 4.90. The van der Waals surface area contributed by atoms with Crippen LogP contribution < -0.4 is 10.0 Å². The number of H-pyrrole nitrogens is 1. The molecule has 0 bridgehead atoms. The first-order valence-corrected chi connectivity index (χ1v) is 8.19. The number of fused-ring (bicyclic) bond motifs is 1. The highest BCUT2D eigenvalue weighted by Crippen LogP contribution is 2.27. The number of sulfonamides is 1. The third-order valence-corrected chi connectivity index (χ3v) is 4.73. The van der Waals surface area contributed by atoms with Gasteiger partial charge in [-0.3, -0.25) is 14.2 Å². The van der Waals surface area contributed by atoms with Crippen molar-refractivity contribution in [3.8, 4) is 0 Å². The van der Waals surface area contributed by atoms with Crippen molar-refractivity contribution in [3.05, 3.63) is 24.0 Å². The second-order valence-electron chi connectivity index (χ2n) is 3.94. The molecule has 10 heteroatoms. The predicted octanol–water partition coefficient (Wildman–Crippen LogP) is 1.35. The lowest BCUT2D eigenvalue weighted by Gasteiger charge is -2.07. The molecule has 0 spiro atoms. The van der Waals surface area contributed by atoms with Gasteiger partial charge in [-0.25, -0.2) is 4.98 Å². The largest absolute Gasteiger partial charge is 0.368 e. The summed E-state index contributed by atoms with van der Waals surface area (Å²) >= 11 is 1.37. The van der Waals surface area contributed by atoms with Crippen molar-refractivity contribution in [2.24, 2.45) is 0 Å². The Hall–Kier alpha value is -2.07. The van der Waals surface area contributed by atoms with Gasteiger partial charge in [0.05, 0.1) is 11.9 Å². The zero-order valence-corrected chi connectivity index (χ0v) is 12.1. The summed E-state index contributed by atoms with van der Waals surface area (Å²) in [6.45, 7) is 2.46. The Kier molecular flexibility index (Phi) is 3.10. The van der Waals surface area contributed by atoms with Gasteiger partial charge in [-0.2, -0.15) is 13.5 Å². The van der Waals surface area contributed by atoms with Gasteiger partial charge in [-0.05, 0) is 6.92 Å². The molecule has 8 nitrogen and oxygen atoms in total. The van der Waals surface area contributed by atoms with Crippen LogP contribution in [-0.2, 0) is 10.0 Å². The fourth-order valence-corrected chi connectivity index (χ4v) is 3.88. The molecule has 0 amide bonds. The Morgan fingerprint density at radius 3 is 3.05 bits per heavy atom. The van der Waals surface area contributed by atoms with Crippen molar-refractivity contribution in [2.75, 3.05) is 16.6 Å². The average molecular weight is 312 g/mol. The van der Waals surface area contributed by atoms with Crippen LogP contribution in [-0.4, -0.2) is 34.5 Å². The molecule has 3 rings (SSSR count). The highest BCUT2D eigenvalue weighted by molar-refractivity contribution is 7.92. The van der Waals surface area contributed by atoms with Gasteiger partial charge in [0.15, 0.2) is 10.8 Å². The van der Waals surface area contributed by atoms with E-state index in [1.54, 1.807) is 16.0 Å². The van der Waals surface area contributed by atoms with Crippen molar-refractivity contribution < 1.29 is 8.42 Å². The fourth-order valence-electron chi connectivity index (χ4n) is 1.81. The maximum Gasteiger partial charge on any atom is 0.281 e. The summed E-state index contributed by atoms with van der Waals surface area (Å²) < 4.78 is 29.0. The van der Waals surface area contributed by atoms with Crippen LogP contribution in [0, 0.1) is 0 Å². The zero-order valence-electron chi connectivity index (χ0n) is 10.5. The first kappa shape index (κ1) is 12.9. The van der Waals surface area contributed by atoms with Gasteiger partial charge in [0.2, 0.25) is 5.03 Å². The molecule has 3 aromatic rings. The lowest BCUT2D eigenvalue weighted by atomic mass is 10.6. The molecule has 0 saturated carbocycles. The Bertz CT molecular complexity index is 817. The monoisotopic (exact) mass is 312 g/mol. The van der Waals surface area contributed by atoms with Crippen LogP contribution in [0.5, 0.6) is 0 Å². The molecule has 0 atom stereocenters. The van der Waals surface area contributed by atoms with E-state index in [1.807, 2.05) is 6.92 Å². The third-order valence-electron chi connectivity index (χ3n) is 2.57. The van der Waals surface area contributed by atoms with E-state index in [2.05, 4.69) is 25.2 Å². The van der Waals surface area contributed by atoms with Crippen molar-refractivity contribution in [1.82, 2.24) is 19.6 Å². The van der Waals surface area contributed by atoms with E-state index in [-0.39, 0.29) is 5.03 Å². The third kappa shape index (κ3) is 2.12. The summed E-state index contributed by atoms with van der Waals surface area (Å²) in [5.74, 6) is 0.343. The number of hydrogen-bond donors (Lipinski definition) is 3. The highest BCUT2D eigenvalue weighted by atomic mass is 32.2. The molecular weight excluding hydrogens is 300 g/mol. The van der Waals surface area contributed by atoms with Crippen LogP contribution in [0.15, 0.2) is 29.0 Å².